The quantitative estimate of drug-likeness (QED) is 0.772. The second kappa shape index (κ2) is 5.72. The Kier molecular flexibility index (Phi) is 3.61. The number of anilines is 1. The van der Waals surface area contributed by atoms with Gasteiger partial charge in [0.05, 0.1) is 12.8 Å². The summed E-state index contributed by atoms with van der Waals surface area (Å²) in [5, 5.41) is 13.7. The first kappa shape index (κ1) is 13.9. The highest BCUT2D eigenvalue weighted by atomic mass is 16.5. The normalized spacial score (nSPS) is 10.5. The van der Waals surface area contributed by atoms with Crippen LogP contribution in [0.25, 0.3) is 11.3 Å². The van der Waals surface area contributed by atoms with Crippen molar-refractivity contribution in [2.24, 2.45) is 7.05 Å². The van der Waals surface area contributed by atoms with Gasteiger partial charge < -0.3 is 10.1 Å². The van der Waals surface area contributed by atoms with Crippen LogP contribution in [0.15, 0.2) is 42.6 Å². The first-order valence-electron chi connectivity index (χ1n) is 6.66. The molecule has 0 saturated carbocycles. The smallest absolute Gasteiger partial charge is 0.274 e. The van der Waals surface area contributed by atoms with Crippen LogP contribution in [0.5, 0.6) is 5.75 Å². The van der Waals surface area contributed by atoms with Crippen molar-refractivity contribution in [2.75, 3.05) is 12.4 Å². The third kappa shape index (κ3) is 2.83. The highest BCUT2D eigenvalue weighted by Crippen LogP contribution is 2.22. The number of methoxy groups -OCH3 is 1. The second-order valence-corrected chi connectivity index (χ2v) is 4.73. The maximum Gasteiger partial charge on any atom is 0.274 e. The average Bonchev–Trinajstić information content (AvgIpc) is 3.16. The Morgan fingerprint density at radius 1 is 1.32 bits per heavy atom. The highest BCUT2D eigenvalue weighted by Gasteiger charge is 2.12. The number of rotatable bonds is 4. The van der Waals surface area contributed by atoms with E-state index in [0.717, 1.165) is 11.3 Å². The van der Waals surface area contributed by atoms with Crippen molar-refractivity contribution in [1.82, 2.24) is 20.0 Å². The molecule has 1 amide bonds. The highest BCUT2D eigenvalue weighted by molar-refractivity contribution is 6.02. The lowest BCUT2D eigenvalue weighted by Gasteiger charge is -2.01. The molecule has 0 aliphatic rings. The Morgan fingerprint density at radius 2 is 2.18 bits per heavy atom. The number of carbonyl (C=O) groups excluding carboxylic acids is 1. The lowest BCUT2D eigenvalue weighted by molar-refractivity contribution is 0.102. The lowest BCUT2D eigenvalue weighted by atomic mass is 10.1. The molecule has 7 heteroatoms. The SMILES string of the molecule is COc1cccc(-c2cc(C(=O)Nc3ccn(C)n3)[nH]n2)c1. The van der Waals surface area contributed by atoms with E-state index in [1.54, 1.807) is 37.2 Å². The van der Waals surface area contributed by atoms with Gasteiger partial charge in [0.25, 0.3) is 5.91 Å². The van der Waals surface area contributed by atoms with E-state index >= 15 is 0 Å². The summed E-state index contributed by atoms with van der Waals surface area (Å²) in [5.74, 6) is 0.936. The number of ether oxygens (including phenoxy) is 1. The molecule has 3 rings (SSSR count). The van der Waals surface area contributed by atoms with Crippen LogP contribution in [0, 0.1) is 0 Å². The molecule has 0 unspecified atom stereocenters. The van der Waals surface area contributed by atoms with E-state index in [1.807, 2.05) is 24.3 Å². The molecule has 0 aliphatic heterocycles. The summed E-state index contributed by atoms with van der Waals surface area (Å²) in [6.45, 7) is 0. The summed E-state index contributed by atoms with van der Waals surface area (Å²) < 4.78 is 6.80. The minimum atomic E-state index is -0.291. The first-order valence-corrected chi connectivity index (χ1v) is 6.66. The van der Waals surface area contributed by atoms with Crippen LogP contribution >= 0.6 is 0 Å². The zero-order valence-electron chi connectivity index (χ0n) is 12.2. The molecule has 0 aliphatic carbocycles. The summed E-state index contributed by atoms with van der Waals surface area (Å²) in [6.07, 6.45) is 1.75. The number of hydrogen-bond acceptors (Lipinski definition) is 4. The van der Waals surface area contributed by atoms with Crippen molar-refractivity contribution in [1.29, 1.82) is 0 Å². The Morgan fingerprint density at radius 3 is 2.91 bits per heavy atom. The molecule has 0 bridgehead atoms. The average molecular weight is 297 g/mol. The fourth-order valence-electron chi connectivity index (χ4n) is 2.03. The standard InChI is InChI=1S/C15H15N5O2/c1-20-7-6-14(19-20)16-15(21)13-9-12(17-18-13)10-4-3-5-11(8-10)22-2/h3-9H,1-2H3,(H,17,18)(H,16,19,21). The molecule has 3 aromatic rings. The van der Waals surface area contributed by atoms with Gasteiger partial charge in [-0.05, 0) is 18.2 Å². The molecule has 0 radical (unpaired) electrons. The fraction of sp³-hybridized carbons (Fsp3) is 0.133. The summed E-state index contributed by atoms with van der Waals surface area (Å²) in [4.78, 5) is 12.1. The number of aromatic nitrogens is 4. The number of amides is 1. The number of nitrogens with zero attached hydrogens (tertiary/aromatic N) is 3. The molecule has 2 N–H and O–H groups in total. The zero-order chi connectivity index (χ0) is 15.5. The van der Waals surface area contributed by atoms with Gasteiger partial charge in [0.2, 0.25) is 0 Å². The van der Waals surface area contributed by atoms with Crippen LogP contribution in [-0.4, -0.2) is 33.0 Å². The molecule has 0 spiro atoms. The van der Waals surface area contributed by atoms with Crippen molar-refractivity contribution in [3.8, 4) is 17.0 Å². The largest absolute Gasteiger partial charge is 0.497 e. The molecule has 1 aromatic carbocycles. The number of H-pyrrole nitrogens is 1. The Balaban J connectivity index is 1.79. The Labute approximate surface area is 126 Å². The summed E-state index contributed by atoms with van der Waals surface area (Å²) >= 11 is 0. The van der Waals surface area contributed by atoms with E-state index in [4.69, 9.17) is 4.74 Å². The summed E-state index contributed by atoms with van der Waals surface area (Å²) in [6, 6.07) is 10.9. The molecule has 0 saturated heterocycles. The van der Waals surface area contributed by atoms with Crippen LogP contribution in [0.2, 0.25) is 0 Å². The van der Waals surface area contributed by atoms with E-state index in [-0.39, 0.29) is 5.91 Å². The molecule has 2 aromatic heterocycles. The first-order chi connectivity index (χ1) is 10.7. The lowest BCUT2D eigenvalue weighted by Crippen LogP contribution is -2.12. The monoisotopic (exact) mass is 297 g/mol. The molecular formula is C15H15N5O2. The number of aromatic amines is 1. The van der Waals surface area contributed by atoms with Gasteiger partial charge in [-0.3, -0.25) is 14.6 Å². The number of hydrogen-bond donors (Lipinski definition) is 2. The van der Waals surface area contributed by atoms with Crippen molar-refractivity contribution in [3.05, 3.63) is 48.3 Å². The van der Waals surface area contributed by atoms with E-state index < -0.39 is 0 Å². The number of nitrogens with one attached hydrogen (secondary N) is 2. The predicted octanol–water partition coefficient (Wildman–Crippen LogP) is 2.07. The van der Waals surface area contributed by atoms with Crippen LogP contribution in [0.3, 0.4) is 0 Å². The maximum absolute atomic E-state index is 12.1. The van der Waals surface area contributed by atoms with Gasteiger partial charge in [-0.1, -0.05) is 12.1 Å². The van der Waals surface area contributed by atoms with Gasteiger partial charge in [0, 0.05) is 24.9 Å². The zero-order valence-corrected chi connectivity index (χ0v) is 12.2. The Hall–Kier alpha value is -3.09. The van der Waals surface area contributed by atoms with Crippen molar-refractivity contribution in [2.45, 2.75) is 0 Å². The molecule has 7 nitrogen and oxygen atoms in total. The third-order valence-electron chi connectivity index (χ3n) is 3.14. The van der Waals surface area contributed by atoms with E-state index in [1.165, 1.54) is 0 Å². The number of aryl methyl sites for hydroxylation is 1. The maximum atomic E-state index is 12.1. The number of carbonyl (C=O) groups is 1. The van der Waals surface area contributed by atoms with E-state index in [9.17, 15) is 4.79 Å². The van der Waals surface area contributed by atoms with E-state index in [2.05, 4.69) is 20.6 Å². The van der Waals surface area contributed by atoms with E-state index in [0.29, 0.717) is 17.2 Å². The van der Waals surface area contributed by atoms with Crippen molar-refractivity contribution >= 4 is 11.7 Å². The molecule has 22 heavy (non-hydrogen) atoms. The topological polar surface area (TPSA) is 84.8 Å². The number of benzene rings is 1. The van der Waals surface area contributed by atoms with Crippen LogP contribution in [0.4, 0.5) is 5.82 Å². The molecule has 0 fully saturated rings. The van der Waals surface area contributed by atoms with Crippen LogP contribution < -0.4 is 10.1 Å². The van der Waals surface area contributed by atoms with Crippen LogP contribution in [-0.2, 0) is 7.05 Å². The molecule has 2 heterocycles. The molecular weight excluding hydrogens is 282 g/mol. The van der Waals surface area contributed by atoms with Crippen molar-refractivity contribution in [3.63, 3.8) is 0 Å². The minimum Gasteiger partial charge on any atom is -0.497 e. The summed E-state index contributed by atoms with van der Waals surface area (Å²) in [7, 11) is 3.39. The second-order valence-electron chi connectivity index (χ2n) is 4.73. The van der Waals surface area contributed by atoms with Crippen LogP contribution in [0.1, 0.15) is 10.5 Å². The van der Waals surface area contributed by atoms with Gasteiger partial charge in [-0.25, -0.2) is 0 Å². The fourth-order valence-corrected chi connectivity index (χ4v) is 2.03. The minimum absolute atomic E-state index is 0.291. The van der Waals surface area contributed by atoms with Crippen molar-refractivity contribution < 1.29 is 9.53 Å². The van der Waals surface area contributed by atoms with Gasteiger partial charge in [-0.15, -0.1) is 0 Å². The third-order valence-corrected chi connectivity index (χ3v) is 3.14. The van der Waals surface area contributed by atoms with Gasteiger partial charge in [-0.2, -0.15) is 10.2 Å². The molecule has 112 valence electrons. The predicted molar refractivity (Wildman–Crippen MR) is 81.7 cm³/mol. The van der Waals surface area contributed by atoms with Gasteiger partial charge in [0.15, 0.2) is 5.82 Å². The van der Waals surface area contributed by atoms with Gasteiger partial charge >= 0.3 is 0 Å². The Bertz CT molecular complexity index is 806. The van der Waals surface area contributed by atoms with Gasteiger partial charge in [0.1, 0.15) is 11.4 Å². The summed E-state index contributed by atoms with van der Waals surface area (Å²) in [5.41, 5.74) is 1.90. The molecule has 0 atom stereocenters.